The quantitative estimate of drug-likeness (QED) is 0.605. The van der Waals surface area contributed by atoms with Crippen molar-refractivity contribution in [1.82, 2.24) is 14.9 Å². The summed E-state index contributed by atoms with van der Waals surface area (Å²) in [5.74, 6) is 0. The van der Waals surface area contributed by atoms with Gasteiger partial charge in [-0.1, -0.05) is 30.3 Å². The molecule has 0 fully saturated rings. The molecule has 3 heteroatoms. The first-order chi connectivity index (χ1) is 12.9. The van der Waals surface area contributed by atoms with Gasteiger partial charge in [-0.25, -0.2) is 0 Å². The van der Waals surface area contributed by atoms with Crippen molar-refractivity contribution < 1.29 is 0 Å². The Hall–Kier alpha value is -2.52. The van der Waals surface area contributed by atoms with Crippen molar-refractivity contribution in [2.75, 3.05) is 19.6 Å². The van der Waals surface area contributed by atoms with Gasteiger partial charge in [0.1, 0.15) is 0 Å². The van der Waals surface area contributed by atoms with E-state index in [-0.39, 0.29) is 0 Å². The third kappa shape index (κ3) is 4.17. The molecule has 0 unspecified atom stereocenters. The Morgan fingerprint density at radius 2 is 1.88 bits per heavy atom. The predicted molar refractivity (Wildman–Crippen MR) is 108 cm³/mol. The number of fused-ring (bicyclic) bond motifs is 1. The van der Waals surface area contributed by atoms with Crippen molar-refractivity contribution in [2.24, 2.45) is 0 Å². The van der Waals surface area contributed by atoms with Gasteiger partial charge in [-0.05, 0) is 67.6 Å². The van der Waals surface area contributed by atoms with Crippen molar-refractivity contribution in [3.05, 3.63) is 78.3 Å². The Kier molecular flexibility index (Phi) is 5.36. The topological polar surface area (TPSA) is 29.0 Å². The van der Waals surface area contributed by atoms with Crippen LogP contribution in [-0.4, -0.2) is 34.5 Å². The molecule has 4 rings (SSSR count). The number of nitrogens with zero attached hydrogens (tertiary/aromatic N) is 3. The van der Waals surface area contributed by atoms with E-state index in [2.05, 4.69) is 57.3 Å². The largest absolute Gasteiger partial charge is 0.299 e. The minimum Gasteiger partial charge on any atom is -0.299 e. The van der Waals surface area contributed by atoms with Crippen LogP contribution in [0.25, 0.3) is 16.5 Å². The van der Waals surface area contributed by atoms with E-state index < -0.39 is 0 Å². The molecule has 1 aromatic carbocycles. The van der Waals surface area contributed by atoms with E-state index in [1.54, 1.807) is 0 Å². The van der Waals surface area contributed by atoms with Gasteiger partial charge in [0, 0.05) is 30.9 Å². The molecule has 0 bridgehead atoms. The van der Waals surface area contributed by atoms with E-state index in [0.717, 1.165) is 37.1 Å². The Morgan fingerprint density at radius 1 is 0.962 bits per heavy atom. The minimum atomic E-state index is 1.05. The average molecular weight is 343 g/mol. The van der Waals surface area contributed by atoms with Crippen molar-refractivity contribution in [2.45, 2.75) is 25.7 Å². The highest BCUT2D eigenvalue weighted by atomic mass is 15.1. The fourth-order valence-electron chi connectivity index (χ4n) is 3.62. The van der Waals surface area contributed by atoms with Crippen LogP contribution in [0.5, 0.6) is 0 Å². The molecule has 2 aromatic heterocycles. The Morgan fingerprint density at radius 3 is 2.73 bits per heavy atom. The summed E-state index contributed by atoms with van der Waals surface area (Å²) >= 11 is 0. The average Bonchev–Trinajstić information content (AvgIpc) is 2.72. The van der Waals surface area contributed by atoms with Crippen LogP contribution in [0.3, 0.4) is 0 Å². The van der Waals surface area contributed by atoms with Gasteiger partial charge in [0.2, 0.25) is 0 Å². The lowest BCUT2D eigenvalue weighted by Gasteiger charge is -2.26. The lowest BCUT2D eigenvalue weighted by atomic mass is 10.0. The fourth-order valence-corrected chi connectivity index (χ4v) is 3.62. The van der Waals surface area contributed by atoms with Gasteiger partial charge in [0.25, 0.3) is 0 Å². The SMILES string of the molecule is C1=C(c2ccccn2)CCN(CCCCc2cnc3ccccc3c2)C1. The van der Waals surface area contributed by atoms with Gasteiger partial charge in [-0.2, -0.15) is 0 Å². The molecular formula is C23H25N3. The van der Waals surface area contributed by atoms with Crippen molar-refractivity contribution >= 4 is 16.5 Å². The van der Waals surface area contributed by atoms with E-state index in [0.29, 0.717) is 0 Å². The molecule has 1 aliphatic heterocycles. The van der Waals surface area contributed by atoms with Crippen LogP contribution in [0, 0.1) is 0 Å². The third-order valence-corrected chi connectivity index (χ3v) is 5.12. The van der Waals surface area contributed by atoms with Crippen LogP contribution in [0.4, 0.5) is 0 Å². The van der Waals surface area contributed by atoms with E-state index in [1.165, 1.54) is 35.9 Å². The highest BCUT2D eigenvalue weighted by molar-refractivity contribution is 5.78. The smallest absolute Gasteiger partial charge is 0.0702 e. The Bertz CT molecular complexity index is 886. The first-order valence-electron chi connectivity index (χ1n) is 9.55. The van der Waals surface area contributed by atoms with E-state index in [1.807, 2.05) is 24.5 Å². The van der Waals surface area contributed by atoms with E-state index in [4.69, 9.17) is 0 Å². The van der Waals surface area contributed by atoms with Crippen LogP contribution >= 0.6 is 0 Å². The second-order valence-corrected chi connectivity index (χ2v) is 6.99. The van der Waals surface area contributed by atoms with Gasteiger partial charge >= 0.3 is 0 Å². The minimum absolute atomic E-state index is 1.05. The molecule has 0 spiro atoms. The molecule has 0 amide bonds. The molecule has 3 nitrogen and oxygen atoms in total. The summed E-state index contributed by atoms with van der Waals surface area (Å²) in [4.78, 5) is 11.6. The highest BCUT2D eigenvalue weighted by Crippen LogP contribution is 2.20. The number of unbranched alkanes of at least 4 members (excludes halogenated alkanes) is 1. The molecule has 132 valence electrons. The molecule has 3 heterocycles. The van der Waals surface area contributed by atoms with Crippen molar-refractivity contribution in [1.29, 1.82) is 0 Å². The predicted octanol–water partition coefficient (Wildman–Crippen LogP) is 4.74. The summed E-state index contributed by atoms with van der Waals surface area (Å²) in [5, 5.41) is 1.24. The van der Waals surface area contributed by atoms with Gasteiger partial charge in [-0.3, -0.25) is 14.9 Å². The second-order valence-electron chi connectivity index (χ2n) is 6.99. The maximum Gasteiger partial charge on any atom is 0.0702 e. The number of rotatable bonds is 6. The van der Waals surface area contributed by atoms with Crippen LogP contribution in [0.2, 0.25) is 0 Å². The molecular weight excluding hydrogens is 318 g/mol. The lowest BCUT2D eigenvalue weighted by molar-refractivity contribution is 0.295. The van der Waals surface area contributed by atoms with E-state index in [9.17, 15) is 0 Å². The number of hydrogen-bond acceptors (Lipinski definition) is 3. The number of hydrogen-bond donors (Lipinski definition) is 0. The number of aryl methyl sites for hydroxylation is 1. The summed E-state index contributed by atoms with van der Waals surface area (Å²) in [6.07, 6.45) is 10.9. The van der Waals surface area contributed by atoms with Crippen molar-refractivity contribution in [3.63, 3.8) is 0 Å². The lowest BCUT2D eigenvalue weighted by Crippen LogP contribution is -2.29. The summed E-state index contributed by atoms with van der Waals surface area (Å²) in [7, 11) is 0. The summed E-state index contributed by atoms with van der Waals surface area (Å²) < 4.78 is 0. The zero-order valence-corrected chi connectivity index (χ0v) is 15.1. The molecule has 0 atom stereocenters. The first-order valence-corrected chi connectivity index (χ1v) is 9.55. The molecule has 0 saturated carbocycles. The first kappa shape index (κ1) is 16.9. The fraction of sp³-hybridized carbons (Fsp3) is 0.304. The second kappa shape index (κ2) is 8.24. The number of aromatic nitrogens is 2. The molecule has 26 heavy (non-hydrogen) atoms. The molecule has 3 aromatic rings. The maximum absolute atomic E-state index is 4.56. The normalized spacial score (nSPS) is 15.2. The maximum atomic E-state index is 4.56. The molecule has 1 aliphatic rings. The summed E-state index contributed by atoms with van der Waals surface area (Å²) in [6, 6.07) is 16.8. The Balaban J connectivity index is 1.23. The number of benzene rings is 1. The number of para-hydroxylation sites is 1. The van der Waals surface area contributed by atoms with Crippen LogP contribution in [-0.2, 0) is 6.42 Å². The zero-order chi connectivity index (χ0) is 17.6. The zero-order valence-electron chi connectivity index (χ0n) is 15.1. The number of pyridine rings is 2. The van der Waals surface area contributed by atoms with Crippen LogP contribution in [0.15, 0.2) is 67.0 Å². The summed E-state index contributed by atoms with van der Waals surface area (Å²) in [5.41, 5.74) is 4.96. The summed E-state index contributed by atoms with van der Waals surface area (Å²) in [6.45, 7) is 3.36. The molecule has 0 N–H and O–H groups in total. The van der Waals surface area contributed by atoms with Gasteiger partial charge < -0.3 is 0 Å². The van der Waals surface area contributed by atoms with Gasteiger partial charge in [-0.15, -0.1) is 0 Å². The monoisotopic (exact) mass is 343 g/mol. The van der Waals surface area contributed by atoms with Gasteiger partial charge in [0.05, 0.1) is 11.2 Å². The molecule has 0 radical (unpaired) electrons. The Labute approximate surface area is 155 Å². The molecule has 0 saturated heterocycles. The van der Waals surface area contributed by atoms with Crippen LogP contribution < -0.4 is 0 Å². The molecule has 0 aliphatic carbocycles. The van der Waals surface area contributed by atoms with Crippen molar-refractivity contribution in [3.8, 4) is 0 Å². The standard InChI is InChI=1S/C23H25N3/c1-2-9-23-21(8-1)17-19(18-25-23)7-4-6-14-26-15-11-20(12-16-26)22-10-3-5-13-24-22/h1-3,5,8-11,13,17-18H,4,6-7,12,14-16H2. The third-order valence-electron chi connectivity index (χ3n) is 5.12. The highest BCUT2D eigenvalue weighted by Gasteiger charge is 2.13. The van der Waals surface area contributed by atoms with Crippen LogP contribution in [0.1, 0.15) is 30.5 Å². The van der Waals surface area contributed by atoms with Gasteiger partial charge in [0.15, 0.2) is 0 Å². The van der Waals surface area contributed by atoms with E-state index >= 15 is 0 Å².